The van der Waals surface area contributed by atoms with Crippen LogP contribution in [0.2, 0.25) is 10.0 Å². The molecule has 0 aliphatic carbocycles. The van der Waals surface area contributed by atoms with Crippen LogP contribution in [0, 0.1) is 5.92 Å². The minimum Gasteiger partial charge on any atom is -0.444 e. The van der Waals surface area contributed by atoms with E-state index in [9.17, 15) is 4.79 Å². The molecule has 0 saturated carbocycles. The predicted molar refractivity (Wildman–Crippen MR) is 103 cm³/mol. The number of halogens is 2. The zero-order chi connectivity index (χ0) is 18.6. The first kappa shape index (κ1) is 20.3. The van der Waals surface area contributed by atoms with Gasteiger partial charge in [0, 0.05) is 29.2 Å². The third-order valence-electron chi connectivity index (χ3n) is 4.36. The topological polar surface area (TPSA) is 41.6 Å². The highest BCUT2D eigenvalue weighted by molar-refractivity contribution is 6.34. The number of rotatable bonds is 4. The van der Waals surface area contributed by atoms with Gasteiger partial charge in [0.15, 0.2) is 0 Å². The molecule has 1 aliphatic rings. The molecule has 1 aromatic carbocycles. The van der Waals surface area contributed by atoms with Crippen molar-refractivity contribution in [1.82, 2.24) is 10.2 Å². The highest BCUT2D eigenvalue weighted by Crippen LogP contribution is 2.26. The molecule has 0 aromatic heterocycles. The zero-order valence-corrected chi connectivity index (χ0v) is 17.0. The van der Waals surface area contributed by atoms with Crippen molar-refractivity contribution in [3.05, 3.63) is 33.8 Å². The van der Waals surface area contributed by atoms with E-state index in [2.05, 4.69) is 17.1 Å². The fraction of sp³-hybridized carbons (Fsp3) is 0.632. The Labute approximate surface area is 160 Å². The molecule has 4 nitrogen and oxygen atoms in total. The molecule has 25 heavy (non-hydrogen) atoms. The Balaban J connectivity index is 1.81. The number of nitrogens with zero attached hydrogens (tertiary/aromatic N) is 1. The van der Waals surface area contributed by atoms with Crippen LogP contribution >= 0.6 is 23.2 Å². The van der Waals surface area contributed by atoms with Gasteiger partial charge in [-0.3, -0.25) is 4.90 Å². The fourth-order valence-corrected chi connectivity index (χ4v) is 3.79. The summed E-state index contributed by atoms with van der Waals surface area (Å²) in [4.78, 5) is 14.2. The number of carbonyl (C=O) groups excluding carboxylic acids is 1. The molecule has 1 aliphatic heterocycles. The van der Waals surface area contributed by atoms with E-state index in [0.717, 1.165) is 31.5 Å². The minimum atomic E-state index is -0.459. The summed E-state index contributed by atoms with van der Waals surface area (Å²) < 4.78 is 5.29. The van der Waals surface area contributed by atoms with Gasteiger partial charge >= 0.3 is 6.09 Å². The molecule has 1 saturated heterocycles. The Kier molecular flexibility index (Phi) is 7.01. The summed E-state index contributed by atoms with van der Waals surface area (Å²) in [5.41, 5.74) is 0.675. The Morgan fingerprint density at radius 3 is 2.48 bits per heavy atom. The number of ether oxygens (including phenoxy) is 1. The van der Waals surface area contributed by atoms with Crippen molar-refractivity contribution in [2.45, 2.75) is 58.7 Å². The van der Waals surface area contributed by atoms with Crippen LogP contribution < -0.4 is 5.32 Å². The molecule has 140 valence electrons. The van der Waals surface area contributed by atoms with Gasteiger partial charge in [0.1, 0.15) is 5.60 Å². The standard InChI is InChI=1S/C19H28Cl2N2O2/c1-13-7-14(11-22-18(24)25-19(2,3)4)5-6-23(13)12-15-8-16(20)10-17(21)9-15/h8-10,13-14H,5-7,11-12H2,1-4H3,(H,22,24). The second-order valence-corrected chi connectivity index (χ2v) is 8.74. The Hall–Kier alpha value is -0.970. The molecular weight excluding hydrogens is 359 g/mol. The lowest BCUT2D eigenvalue weighted by atomic mass is 9.91. The Morgan fingerprint density at radius 1 is 1.28 bits per heavy atom. The molecule has 0 bridgehead atoms. The lowest BCUT2D eigenvalue weighted by molar-refractivity contribution is 0.0497. The van der Waals surface area contributed by atoms with E-state index in [4.69, 9.17) is 27.9 Å². The first-order valence-electron chi connectivity index (χ1n) is 8.78. The second-order valence-electron chi connectivity index (χ2n) is 7.87. The van der Waals surface area contributed by atoms with E-state index in [1.54, 1.807) is 6.07 Å². The number of hydrogen-bond donors (Lipinski definition) is 1. The summed E-state index contributed by atoms with van der Waals surface area (Å²) in [6.07, 6.45) is 1.76. The molecule has 2 atom stereocenters. The first-order chi connectivity index (χ1) is 11.6. The molecule has 2 unspecified atom stereocenters. The normalized spacial score (nSPS) is 21.8. The number of piperidine rings is 1. The number of nitrogens with one attached hydrogen (secondary N) is 1. The zero-order valence-electron chi connectivity index (χ0n) is 15.4. The SMILES string of the molecule is CC1CC(CNC(=O)OC(C)(C)C)CCN1Cc1cc(Cl)cc(Cl)c1. The van der Waals surface area contributed by atoms with Gasteiger partial charge in [-0.05, 0) is 76.8 Å². The number of likely N-dealkylation sites (tertiary alicyclic amines) is 1. The average Bonchev–Trinajstić information content (AvgIpc) is 2.45. The van der Waals surface area contributed by atoms with Crippen molar-refractivity contribution >= 4 is 29.3 Å². The maximum absolute atomic E-state index is 11.8. The van der Waals surface area contributed by atoms with Gasteiger partial charge in [0.25, 0.3) is 0 Å². The van der Waals surface area contributed by atoms with Gasteiger partial charge in [0.05, 0.1) is 0 Å². The molecule has 6 heteroatoms. The van der Waals surface area contributed by atoms with E-state index in [1.807, 2.05) is 32.9 Å². The summed E-state index contributed by atoms with van der Waals surface area (Å²) in [5.74, 6) is 0.474. The smallest absolute Gasteiger partial charge is 0.407 e. The molecule has 0 radical (unpaired) electrons. The number of alkyl carbamates (subject to hydrolysis) is 1. The predicted octanol–water partition coefficient (Wildman–Crippen LogP) is 5.12. The third-order valence-corrected chi connectivity index (χ3v) is 4.80. The Bertz CT molecular complexity index is 581. The van der Waals surface area contributed by atoms with Gasteiger partial charge < -0.3 is 10.1 Å². The van der Waals surface area contributed by atoms with Gasteiger partial charge in [-0.1, -0.05) is 23.2 Å². The maximum atomic E-state index is 11.8. The van der Waals surface area contributed by atoms with Gasteiger partial charge in [-0.15, -0.1) is 0 Å². The highest BCUT2D eigenvalue weighted by atomic mass is 35.5. The van der Waals surface area contributed by atoms with Crippen molar-refractivity contribution in [3.8, 4) is 0 Å². The van der Waals surface area contributed by atoms with Crippen molar-refractivity contribution in [2.75, 3.05) is 13.1 Å². The van der Waals surface area contributed by atoms with Crippen LogP contribution in [0.25, 0.3) is 0 Å². The molecule has 1 heterocycles. The molecule has 2 rings (SSSR count). The highest BCUT2D eigenvalue weighted by Gasteiger charge is 2.26. The maximum Gasteiger partial charge on any atom is 0.407 e. The molecule has 1 aromatic rings. The molecule has 1 fully saturated rings. The third kappa shape index (κ3) is 7.04. The van der Waals surface area contributed by atoms with Crippen LogP contribution in [0.4, 0.5) is 4.79 Å². The van der Waals surface area contributed by atoms with Crippen molar-refractivity contribution < 1.29 is 9.53 Å². The Morgan fingerprint density at radius 2 is 1.92 bits per heavy atom. The lowest BCUT2D eigenvalue weighted by Gasteiger charge is -2.38. The van der Waals surface area contributed by atoms with E-state index >= 15 is 0 Å². The molecule has 0 spiro atoms. The van der Waals surface area contributed by atoms with Crippen LogP contribution in [0.3, 0.4) is 0 Å². The number of carbonyl (C=O) groups is 1. The monoisotopic (exact) mass is 386 g/mol. The van der Waals surface area contributed by atoms with Crippen LogP contribution in [0.1, 0.15) is 46.1 Å². The molecule has 1 N–H and O–H groups in total. The molecular formula is C19H28Cl2N2O2. The number of hydrogen-bond acceptors (Lipinski definition) is 3. The summed E-state index contributed by atoms with van der Waals surface area (Å²) in [7, 11) is 0. The summed E-state index contributed by atoms with van der Waals surface area (Å²) in [5, 5.41) is 4.24. The van der Waals surface area contributed by atoms with E-state index in [1.165, 1.54) is 0 Å². The quantitative estimate of drug-likeness (QED) is 0.780. The molecule has 1 amide bonds. The summed E-state index contributed by atoms with van der Waals surface area (Å²) in [6, 6.07) is 6.13. The first-order valence-corrected chi connectivity index (χ1v) is 9.54. The average molecular weight is 387 g/mol. The fourth-order valence-electron chi connectivity index (χ4n) is 3.22. The van der Waals surface area contributed by atoms with E-state index < -0.39 is 5.60 Å². The van der Waals surface area contributed by atoms with Crippen LogP contribution in [0.15, 0.2) is 18.2 Å². The second kappa shape index (κ2) is 8.61. The summed E-state index contributed by atoms with van der Waals surface area (Å²) in [6.45, 7) is 10.3. The van der Waals surface area contributed by atoms with Gasteiger partial charge in [0.2, 0.25) is 0 Å². The largest absolute Gasteiger partial charge is 0.444 e. The van der Waals surface area contributed by atoms with Gasteiger partial charge in [-0.2, -0.15) is 0 Å². The number of amides is 1. The van der Waals surface area contributed by atoms with Gasteiger partial charge in [-0.25, -0.2) is 4.79 Å². The van der Waals surface area contributed by atoms with Crippen LogP contribution in [-0.2, 0) is 11.3 Å². The summed E-state index contributed by atoms with van der Waals surface area (Å²) >= 11 is 12.2. The van der Waals surface area contributed by atoms with Crippen molar-refractivity contribution in [2.24, 2.45) is 5.92 Å². The van der Waals surface area contributed by atoms with Crippen molar-refractivity contribution in [1.29, 1.82) is 0 Å². The van der Waals surface area contributed by atoms with Crippen LogP contribution in [0.5, 0.6) is 0 Å². The number of benzene rings is 1. The van der Waals surface area contributed by atoms with E-state index in [0.29, 0.717) is 28.5 Å². The minimum absolute atomic E-state index is 0.337. The van der Waals surface area contributed by atoms with E-state index in [-0.39, 0.29) is 6.09 Å². The van der Waals surface area contributed by atoms with Crippen molar-refractivity contribution in [3.63, 3.8) is 0 Å². The van der Waals surface area contributed by atoms with Crippen LogP contribution in [-0.4, -0.2) is 35.7 Å². The lowest BCUT2D eigenvalue weighted by Crippen LogP contribution is -2.44.